The molecule has 0 saturated carbocycles. The van der Waals surface area contributed by atoms with Crippen molar-refractivity contribution in [3.8, 4) is 11.5 Å². The maximum Gasteiger partial charge on any atom is 0.158 e. The van der Waals surface area contributed by atoms with E-state index in [1.54, 1.807) is 12.1 Å². The molecule has 0 atom stereocenters. The molecule has 0 aliphatic carbocycles. The van der Waals surface area contributed by atoms with Gasteiger partial charge in [-0.15, -0.1) is 0 Å². The minimum atomic E-state index is -0.141. The van der Waals surface area contributed by atoms with E-state index in [4.69, 9.17) is 4.74 Å². The molecule has 0 heterocycles. The van der Waals surface area contributed by atoms with Crippen molar-refractivity contribution in [3.63, 3.8) is 0 Å². The van der Waals surface area contributed by atoms with Crippen molar-refractivity contribution in [2.24, 2.45) is 0 Å². The van der Waals surface area contributed by atoms with Gasteiger partial charge in [-0.1, -0.05) is 0 Å². The SMILES string of the molecule is CC(C)(C)OCNCCc1cc(O)c(O)cc1I. The van der Waals surface area contributed by atoms with Gasteiger partial charge in [-0.25, -0.2) is 0 Å². The van der Waals surface area contributed by atoms with Crippen LogP contribution in [0.1, 0.15) is 26.3 Å². The number of rotatable bonds is 5. The van der Waals surface area contributed by atoms with Crippen LogP contribution in [0.5, 0.6) is 11.5 Å². The Labute approximate surface area is 121 Å². The summed E-state index contributed by atoms with van der Waals surface area (Å²) in [5, 5.41) is 22.0. The number of ether oxygens (including phenoxy) is 1. The monoisotopic (exact) mass is 365 g/mol. The summed E-state index contributed by atoms with van der Waals surface area (Å²) in [5.74, 6) is -0.150. The lowest BCUT2D eigenvalue weighted by Gasteiger charge is -2.19. The molecule has 0 aliphatic rings. The third-order valence-corrected chi connectivity index (χ3v) is 3.33. The normalized spacial score (nSPS) is 11.8. The summed E-state index contributed by atoms with van der Waals surface area (Å²) >= 11 is 2.15. The highest BCUT2D eigenvalue weighted by molar-refractivity contribution is 14.1. The largest absolute Gasteiger partial charge is 0.504 e. The molecule has 4 nitrogen and oxygen atoms in total. The quantitative estimate of drug-likeness (QED) is 0.325. The fourth-order valence-corrected chi connectivity index (χ4v) is 2.07. The molecule has 1 aromatic rings. The molecule has 3 N–H and O–H groups in total. The second-order valence-corrected chi connectivity index (χ2v) is 6.25. The van der Waals surface area contributed by atoms with E-state index >= 15 is 0 Å². The van der Waals surface area contributed by atoms with E-state index in [9.17, 15) is 10.2 Å². The summed E-state index contributed by atoms with van der Waals surface area (Å²) in [6.07, 6.45) is 0.777. The van der Waals surface area contributed by atoms with Crippen LogP contribution >= 0.6 is 22.6 Å². The highest BCUT2D eigenvalue weighted by Crippen LogP contribution is 2.29. The molecule has 0 radical (unpaired) electrons. The average Bonchev–Trinajstić information content (AvgIpc) is 2.23. The minimum absolute atomic E-state index is 0.0728. The molecule has 0 aromatic heterocycles. The van der Waals surface area contributed by atoms with Crippen LogP contribution in [0, 0.1) is 3.57 Å². The number of halogens is 1. The van der Waals surface area contributed by atoms with Gasteiger partial charge < -0.3 is 14.9 Å². The van der Waals surface area contributed by atoms with Crippen molar-refractivity contribution in [1.82, 2.24) is 5.32 Å². The molecule has 1 aromatic carbocycles. The molecule has 0 bridgehead atoms. The maximum atomic E-state index is 9.44. The topological polar surface area (TPSA) is 61.7 Å². The average molecular weight is 365 g/mol. The third-order valence-electron chi connectivity index (χ3n) is 2.32. The van der Waals surface area contributed by atoms with Gasteiger partial charge >= 0.3 is 0 Å². The summed E-state index contributed by atoms with van der Waals surface area (Å²) in [5.41, 5.74) is 0.868. The Kier molecular flexibility index (Phi) is 5.68. The van der Waals surface area contributed by atoms with Crippen LogP contribution in [-0.4, -0.2) is 29.1 Å². The number of hydrogen-bond donors (Lipinski definition) is 3. The highest BCUT2D eigenvalue weighted by atomic mass is 127. The molecule has 0 aliphatic heterocycles. The third kappa shape index (κ3) is 5.41. The first-order chi connectivity index (χ1) is 8.29. The predicted molar refractivity (Wildman–Crippen MR) is 79.9 cm³/mol. The molecule has 0 amide bonds. The van der Waals surface area contributed by atoms with Crippen LogP contribution in [0.15, 0.2) is 12.1 Å². The zero-order valence-electron chi connectivity index (χ0n) is 11.0. The standard InChI is InChI=1S/C13H20INO3/c1-13(2,3)18-8-15-5-4-9-6-11(16)12(17)7-10(9)14/h6-7,15-17H,4-5,8H2,1-3H3. The number of phenols is 2. The smallest absolute Gasteiger partial charge is 0.158 e. The fraction of sp³-hybridized carbons (Fsp3) is 0.538. The number of nitrogens with one attached hydrogen (secondary N) is 1. The van der Waals surface area contributed by atoms with Crippen molar-refractivity contribution >= 4 is 22.6 Å². The van der Waals surface area contributed by atoms with Gasteiger partial charge in [-0.2, -0.15) is 0 Å². The van der Waals surface area contributed by atoms with Crippen LogP contribution in [0.2, 0.25) is 0 Å². The van der Waals surface area contributed by atoms with Gasteiger partial charge in [0.05, 0.1) is 12.3 Å². The summed E-state index contributed by atoms with van der Waals surface area (Å²) in [7, 11) is 0. The first kappa shape index (κ1) is 15.5. The lowest BCUT2D eigenvalue weighted by molar-refractivity contribution is -0.0128. The van der Waals surface area contributed by atoms with Crippen molar-refractivity contribution in [1.29, 1.82) is 0 Å². The highest BCUT2D eigenvalue weighted by Gasteiger charge is 2.09. The van der Waals surface area contributed by atoms with E-state index in [1.807, 2.05) is 20.8 Å². The summed E-state index contributed by atoms with van der Waals surface area (Å²) in [6.45, 7) is 7.29. The van der Waals surface area contributed by atoms with Crippen LogP contribution in [0.4, 0.5) is 0 Å². The van der Waals surface area contributed by atoms with E-state index in [1.165, 1.54) is 0 Å². The molecule has 0 fully saturated rings. The molecule has 102 valence electrons. The first-order valence-electron chi connectivity index (χ1n) is 5.84. The van der Waals surface area contributed by atoms with Gasteiger partial charge in [0.25, 0.3) is 0 Å². The van der Waals surface area contributed by atoms with Crippen molar-refractivity contribution in [3.05, 3.63) is 21.3 Å². The van der Waals surface area contributed by atoms with E-state index < -0.39 is 0 Å². The molecule has 0 spiro atoms. The maximum absolute atomic E-state index is 9.44. The number of benzene rings is 1. The number of aromatic hydroxyl groups is 2. The van der Waals surface area contributed by atoms with Gasteiger partial charge in [0, 0.05) is 10.1 Å². The second kappa shape index (κ2) is 6.58. The molecule has 0 unspecified atom stereocenters. The van der Waals surface area contributed by atoms with Crippen LogP contribution in [-0.2, 0) is 11.2 Å². The van der Waals surface area contributed by atoms with Crippen LogP contribution in [0.3, 0.4) is 0 Å². The van der Waals surface area contributed by atoms with Crippen molar-refractivity contribution in [2.75, 3.05) is 13.3 Å². The zero-order valence-corrected chi connectivity index (χ0v) is 13.1. The second-order valence-electron chi connectivity index (χ2n) is 5.08. The number of hydrogen-bond acceptors (Lipinski definition) is 4. The summed E-state index contributed by atoms with van der Waals surface area (Å²) in [6, 6.07) is 3.17. The number of phenolic OH excluding ortho intramolecular Hbond substituents is 2. The molecule has 5 heteroatoms. The van der Waals surface area contributed by atoms with Gasteiger partial charge in [-0.3, -0.25) is 5.32 Å². The summed E-state index contributed by atoms with van der Waals surface area (Å²) in [4.78, 5) is 0. The van der Waals surface area contributed by atoms with Gasteiger partial charge in [0.2, 0.25) is 0 Å². The lowest BCUT2D eigenvalue weighted by Crippen LogP contribution is -2.28. The Morgan fingerprint density at radius 1 is 1.22 bits per heavy atom. The fourth-order valence-electron chi connectivity index (χ4n) is 1.35. The molecular weight excluding hydrogens is 345 g/mol. The Hall–Kier alpha value is -0.530. The van der Waals surface area contributed by atoms with Gasteiger partial charge in [0.1, 0.15) is 0 Å². The van der Waals surface area contributed by atoms with E-state index in [-0.39, 0.29) is 17.1 Å². The molecule has 0 saturated heterocycles. The first-order valence-corrected chi connectivity index (χ1v) is 6.92. The lowest BCUT2D eigenvalue weighted by atomic mass is 10.1. The molecular formula is C13H20INO3. The Bertz CT molecular complexity index is 402. The Morgan fingerprint density at radius 2 is 1.83 bits per heavy atom. The summed E-state index contributed by atoms with van der Waals surface area (Å²) < 4.78 is 6.48. The minimum Gasteiger partial charge on any atom is -0.504 e. The Morgan fingerprint density at radius 3 is 2.44 bits per heavy atom. The van der Waals surface area contributed by atoms with E-state index in [2.05, 4.69) is 27.9 Å². The molecule has 1 rings (SSSR count). The Balaban J connectivity index is 2.38. The van der Waals surface area contributed by atoms with Crippen LogP contribution < -0.4 is 5.32 Å². The van der Waals surface area contributed by atoms with E-state index in [0.29, 0.717) is 6.73 Å². The zero-order chi connectivity index (χ0) is 13.8. The van der Waals surface area contributed by atoms with Gasteiger partial charge in [0.15, 0.2) is 11.5 Å². The predicted octanol–water partition coefficient (Wildman–Crippen LogP) is 2.61. The molecule has 18 heavy (non-hydrogen) atoms. The van der Waals surface area contributed by atoms with Crippen molar-refractivity contribution in [2.45, 2.75) is 32.8 Å². The van der Waals surface area contributed by atoms with Crippen LogP contribution in [0.25, 0.3) is 0 Å². The van der Waals surface area contributed by atoms with E-state index in [0.717, 1.165) is 22.1 Å². The van der Waals surface area contributed by atoms with Crippen molar-refractivity contribution < 1.29 is 14.9 Å². The van der Waals surface area contributed by atoms with Gasteiger partial charge in [-0.05, 0) is 67.5 Å².